The number of allylic oxidation sites excluding steroid dienone is 1. The number of rotatable bonds is 0. The van der Waals surface area contributed by atoms with Gasteiger partial charge in [-0.2, -0.15) is 0 Å². The van der Waals surface area contributed by atoms with E-state index in [1.165, 1.54) is 16.8 Å². The molecular formula is C10H12N2. The van der Waals surface area contributed by atoms with Crippen LogP contribution in [0.15, 0.2) is 30.5 Å². The van der Waals surface area contributed by atoms with Crippen molar-refractivity contribution in [1.29, 1.82) is 0 Å². The normalized spacial score (nSPS) is 14.8. The molecule has 0 saturated carbocycles. The van der Waals surface area contributed by atoms with E-state index >= 15 is 0 Å². The standard InChI is InChI=1S/C10H12N2/c1-8-7-11-12(2)10-6-4-3-5-9(8)10/h3-7,11H,1-2H3. The second-order valence-corrected chi connectivity index (χ2v) is 3.03. The Kier molecular flexibility index (Phi) is 1.54. The molecule has 0 unspecified atom stereocenters. The van der Waals surface area contributed by atoms with E-state index in [0.717, 1.165) is 0 Å². The van der Waals surface area contributed by atoms with E-state index in [-0.39, 0.29) is 0 Å². The molecule has 0 atom stereocenters. The number of benzene rings is 1. The van der Waals surface area contributed by atoms with Gasteiger partial charge in [0.05, 0.1) is 5.69 Å². The third kappa shape index (κ3) is 0.961. The Morgan fingerprint density at radius 3 is 2.75 bits per heavy atom. The minimum atomic E-state index is 1.23. The average molecular weight is 160 g/mol. The molecule has 1 aliphatic rings. The summed E-state index contributed by atoms with van der Waals surface area (Å²) in [7, 11) is 2.02. The summed E-state index contributed by atoms with van der Waals surface area (Å²) in [4.78, 5) is 0. The second-order valence-electron chi connectivity index (χ2n) is 3.03. The van der Waals surface area contributed by atoms with E-state index in [0.29, 0.717) is 0 Å². The maximum absolute atomic E-state index is 3.16. The van der Waals surface area contributed by atoms with E-state index in [9.17, 15) is 0 Å². The fraction of sp³-hybridized carbons (Fsp3) is 0.200. The van der Waals surface area contributed by atoms with Crippen molar-refractivity contribution in [2.24, 2.45) is 0 Å². The van der Waals surface area contributed by atoms with E-state index in [1.54, 1.807) is 0 Å². The first-order chi connectivity index (χ1) is 5.79. The van der Waals surface area contributed by atoms with Crippen molar-refractivity contribution < 1.29 is 0 Å². The summed E-state index contributed by atoms with van der Waals surface area (Å²) >= 11 is 0. The van der Waals surface area contributed by atoms with Crippen molar-refractivity contribution in [2.45, 2.75) is 6.92 Å². The van der Waals surface area contributed by atoms with Crippen molar-refractivity contribution in [3.05, 3.63) is 36.0 Å². The van der Waals surface area contributed by atoms with Gasteiger partial charge in [-0.3, -0.25) is 5.01 Å². The monoisotopic (exact) mass is 160 g/mol. The van der Waals surface area contributed by atoms with Crippen LogP contribution in [0.5, 0.6) is 0 Å². The van der Waals surface area contributed by atoms with Crippen LogP contribution in [-0.4, -0.2) is 7.05 Å². The van der Waals surface area contributed by atoms with Crippen LogP contribution in [0.3, 0.4) is 0 Å². The van der Waals surface area contributed by atoms with Gasteiger partial charge in [-0.05, 0) is 18.6 Å². The van der Waals surface area contributed by atoms with Crippen LogP contribution in [0.25, 0.3) is 5.57 Å². The molecule has 2 nitrogen and oxygen atoms in total. The maximum Gasteiger partial charge on any atom is 0.0643 e. The molecule has 0 aliphatic carbocycles. The van der Waals surface area contributed by atoms with E-state index in [2.05, 4.69) is 36.6 Å². The van der Waals surface area contributed by atoms with Gasteiger partial charge in [-0.15, -0.1) is 0 Å². The molecule has 1 N–H and O–H groups in total. The van der Waals surface area contributed by atoms with Crippen LogP contribution in [0.2, 0.25) is 0 Å². The van der Waals surface area contributed by atoms with Gasteiger partial charge in [0.15, 0.2) is 0 Å². The lowest BCUT2D eigenvalue weighted by molar-refractivity contribution is 0.826. The molecule has 62 valence electrons. The molecule has 1 heterocycles. The van der Waals surface area contributed by atoms with Crippen molar-refractivity contribution >= 4 is 11.3 Å². The quantitative estimate of drug-likeness (QED) is 0.624. The molecule has 0 fully saturated rings. The predicted octanol–water partition coefficient (Wildman–Crippen LogP) is 2.00. The molecular weight excluding hydrogens is 148 g/mol. The Bertz CT molecular complexity index is 328. The lowest BCUT2D eigenvalue weighted by Crippen LogP contribution is -2.33. The molecule has 0 saturated heterocycles. The van der Waals surface area contributed by atoms with Crippen LogP contribution >= 0.6 is 0 Å². The van der Waals surface area contributed by atoms with E-state index < -0.39 is 0 Å². The molecule has 2 heteroatoms. The summed E-state index contributed by atoms with van der Waals surface area (Å²) < 4.78 is 0. The second kappa shape index (κ2) is 2.55. The molecule has 2 rings (SSSR count). The van der Waals surface area contributed by atoms with Gasteiger partial charge in [-0.25, -0.2) is 0 Å². The summed E-state index contributed by atoms with van der Waals surface area (Å²) in [6.07, 6.45) is 2.02. The first-order valence-electron chi connectivity index (χ1n) is 4.05. The molecule has 0 aromatic heterocycles. The zero-order valence-electron chi connectivity index (χ0n) is 7.33. The molecule has 1 aromatic rings. The van der Waals surface area contributed by atoms with Gasteiger partial charge in [0.25, 0.3) is 0 Å². The van der Waals surface area contributed by atoms with Gasteiger partial charge < -0.3 is 5.43 Å². The highest BCUT2D eigenvalue weighted by Crippen LogP contribution is 2.27. The summed E-state index contributed by atoms with van der Waals surface area (Å²) in [5.41, 5.74) is 6.98. The topological polar surface area (TPSA) is 15.3 Å². The SMILES string of the molecule is CC1=CNN(C)c2ccccc21. The van der Waals surface area contributed by atoms with Crippen LogP contribution in [0.1, 0.15) is 12.5 Å². The molecule has 0 amide bonds. The van der Waals surface area contributed by atoms with E-state index in [1.807, 2.05) is 18.3 Å². The van der Waals surface area contributed by atoms with Crippen LogP contribution < -0.4 is 10.4 Å². The number of hydrazine groups is 1. The van der Waals surface area contributed by atoms with Crippen molar-refractivity contribution in [3.63, 3.8) is 0 Å². The third-order valence-corrected chi connectivity index (χ3v) is 2.16. The van der Waals surface area contributed by atoms with Crippen molar-refractivity contribution in [1.82, 2.24) is 5.43 Å². The van der Waals surface area contributed by atoms with Crippen LogP contribution in [0, 0.1) is 0 Å². The molecule has 1 aliphatic heterocycles. The zero-order chi connectivity index (χ0) is 8.55. The molecule has 12 heavy (non-hydrogen) atoms. The molecule has 0 radical (unpaired) electrons. The number of fused-ring (bicyclic) bond motifs is 1. The van der Waals surface area contributed by atoms with Crippen LogP contribution in [0.4, 0.5) is 5.69 Å². The Balaban J connectivity index is 2.58. The number of hydrogen-bond acceptors (Lipinski definition) is 2. The minimum absolute atomic E-state index is 1.23. The van der Waals surface area contributed by atoms with Gasteiger partial charge in [0, 0.05) is 18.8 Å². The first kappa shape index (κ1) is 7.22. The Morgan fingerprint density at radius 2 is 2.00 bits per heavy atom. The lowest BCUT2D eigenvalue weighted by Gasteiger charge is -2.27. The Morgan fingerprint density at radius 1 is 1.25 bits per heavy atom. The highest BCUT2D eigenvalue weighted by atomic mass is 15.5. The van der Waals surface area contributed by atoms with Gasteiger partial charge in [-0.1, -0.05) is 18.2 Å². The summed E-state index contributed by atoms with van der Waals surface area (Å²) in [6.45, 7) is 2.11. The summed E-state index contributed by atoms with van der Waals surface area (Å²) in [5, 5.41) is 2.02. The molecule has 0 spiro atoms. The fourth-order valence-electron chi connectivity index (χ4n) is 1.44. The smallest absolute Gasteiger partial charge is 0.0643 e. The highest BCUT2D eigenvalue weighted by Gasteiger charge is 2.10. The zero-order valence-corrected chi connectivity index (χ0v) is 7.33. The molecule has 0 bridgehead atoms. The van der Waals surface area contributed by atoms with Crippen molar-refractivity contribution in [3.8, 4) is 0 Å². The number of nitrogens with one attached hydrogen (secondary N) is 1. The van der Waals surface area contributed by atoms with Gasteiger partial charge in [0.2, 0.25) is 0 Å². The van der Waals surface area contributed by atoms with Crippen LogP contribution in [-0.2, 0) is 0 Å². The summed E-state index contributed by atoms with van der Waals surface area (Å²) in [5.74, 6) is 0. The van der Waals surface area contributed by atoms with E-state index in [4.69, 9.17) is 0 Å². The Hall–Kier alpha value is -1.44. The predicted molar refractivity (Wildman–Crippen MR) is 51.6 cm³/mol. The summed E-state index contributed by atoms with van der Waals surface area (Å²) in [6, 6.07) is 8.36. The molecule has 1 aromatic carbocycles. The lowest BCUT2D eigenvalue weighted by atomic mass is 10.1. The third-order valence-electron chi connectivity index (χ3n) is 2.16. The minimum Gasteiger partial charge on any atom is -0.306 e. The Labute approximate surface area is 72.5 Å². The number of hydrogen-bond donors (Lipinski definition) is 1. The van der Waals surface area contributed by atoms with Gasteiger partial charge >= 0.3 is 0 Å². The highest BCUT2D eigenvalue weighted by molar-refractivity contribution is 5.77. The fourth-order valence-corrected chi connectivity index (χ4v) is 1.44. The largest absolute Gasteiger partial charge is 0.306 e. The number of nitrogens with zero attached hydrogens (tertiary/aromatic N) is 1. The number of anilines is 1. The van der Waals surface area contributed by atoms with Gasteiger partial charge in [0.1, 0.15) is 0 Å². The number of para-hydroxylation sites is 1. The maximum atomic E-state index is 3.16. The average Bonchev–Trinajstić information content (AvgIpc) is 2.12. The van der Waals surface area contributed by atoms with Crippen molar-refractivity contribution in [2.75, 3.05) is 12.1 Å². The first-order valence-corrected chi connectivity index (χ1v) is 4.05.